The molecule has 4 nitrogen and oxygen atoms in total. The van der Waals surface area contributed by atoms with Gasteiger partial charge in [-0.05, 0) is 0 Å². The van der Waals surface area contributed by atoms with E-state index in [4.69, 9.17) is 11.6 Å². The first-order chi connectivity index (χ1) is 6.36. The highest BCUT2D eigenvalue weighted by Crippen LogP contribution is 2.16. The van der Waals surface area contributed by atoms with Gasteiger partial charge in [0.1, 0.15) is 17.2 Å². The van der Waals surface area contributed by atoms with E-state index in [2.05, 4.69) is 20.6 Å². The minimum absolute atomic E-state index is 0.579. The van der Waals surface area contributed by atoms with E-state index in [1.807, 2.05) is 0 Å². The van der Waals surface area contributed by atoms with Gasteiger partial charge in [-0.15, -0.1) is 0 Å². The van der Waals surface area contributed by atoms with Crippen LogP contribution in [0.3, 0.4) is 0 Å². The quantitative estimate of drug-likeness (QED) is 0.753. The number of hydrogen-bond donors (Lipinski definition) is 2. The summed E-state index contributed by atoms with van der Waals surface area (Å²) in [7, 11) is 0. The van der Waals surface area contributed by atoms with Gasteiger partial charge in [0.05, 0.1) is 6.20 Å². The van der Waals surface area contributed by atoms with Crippen LogP contribution < -0.4 is 10.6 Å². The van der Waals surface area contributed by atoms with Crippen molar-refractivity contribution in [1.29, 1.82) is 0 Å². The molecule has 0 saturated carbocycles. The van der Waals surface area contributed by atoms with Crippen LogP contribution in [0.15, 0.2) is 12.5 Å². The Hall–Kier alpha value is -0.870. The summed E-state index contributed by atoms with van der Waals surface area (Å²) >= 11 is 5.87. The molecule has 1 aromatic heterocycles. The lowest BCUT2D eigenvalue weighted by molar-refractivity contribution is 0.365. The van der Waals surface area contributed by atoms with Gasteiger partial charge in [-0.25, -0.2) is 9.97 Å². The number of nitrogens with one attached hydrogen (secondary N) is 2. The van der Waals surface area contributed by atoms with Crippen LogP contribution in [-0.2, 0) is 0 Å². The predicted molar refractivity (Wildman–Crippen MR) is 51.9 cm³/mol. The molecule has 1 saturated heterocycles. The number of hydrogen-bond acceptors (Lipinski definition) is 4. The highest BCUT2D eigenvalue weighted by Gasteiger charge is 2.16. The van der Waals surface area contributed by atoms with Gasteiger partial charge < -0.3 is 10.6 Å². The monoisotopic (exact) mass is 198 g/mol. The van der Waals surface area contributed by atoms with E-state index in [9.17, 15) is 0 Å². The zero-order valence-corrected chi connectivity index (χ0v) is 7.88. The maximum absolute atomic E-state index is 5.87. The standard InChI is InChI=1S/C8H11ClN4/c9-7-4-11-5-13-8(7)12-3-6-1-10-2-6/h4-6,10H,1-3H2,(H,11,12,13). The van der Waals surface area contributed by atoms with Crippen molar-refractivity contribution in [3.05, 3.63) is 17.5 Å². The lowest BCUT2D eigenvalue weighted by Gasteiger charge is -2.27. The second-order valence-corrected chi connectivity index (χ2v) is 3.53. The summed E-state index contributed by atoms with van der Waals surface area (Å²) in [4.78, 5) is 7.84. The molecule has 0 spiro atoms. The number of aromatic nitrogens is 2. The van der Waals surface area contributed by atoms with Gasteiger partial charge in [0.15, 0.2) is 0 Å². The molecule has 2 heterocycles. The van der Waals surface area contributed by atoms with E-state index in [1.54, 1.807) is 6.20 Å². The molecule has 2 N–H and O–H groups in total. The van der Waals surface area contributed by atoms with Crippen molar-refractivity contribution in [2.24, 2.45) is 5.92 Å². The average molecular weight is 199 g/mol. The zero-order valence-electron chi connectivity index (χ0n) is 7.13. The second kappa shape index (κ2) is 3.89. The predicted octanol–water partition coefficient (Wildman–Crippen LogP) is 0.761. The molecule has 0 aromatic carbocycles. The Morgan fingerprint density at radius 1 is 1.62 bits per heavy atom. The molecule has 2 rings (SSSR count). The van der Waals surface area contributed by atoms with Crippen molar-refractivity contribution in [3.8, 4) is 0 Å². The summed E-state index contributed by atoms with van der Waals surface area (Å²) < 4.78 is 0. The summed E-state index contributed by atoms with van der Waals surface area (Å²) in [5.41, 5.74) is 0. The Balaban J connectivity index is 1.89. The molecule has 1 fully saturated rings. The summed E-state index contributed by atoms with van der Waals surface area (Å²) in [6.45, 7) is 3.08. The first-order valence-electron chi connectivity index (χ1n) is 4.26. The highest BCUT2D eigenvalue weighted by molar-refractivity contribution is 6.32. The van der Waals surface area contributed by atoms with Crippen molar-refractivity contribution in [3.63, 3.8) is 0 Å². The van der Waals surface area contributed by atoms with Crippen LogP contribution in [0.5, 0.6) is 0 Å². The van der Waals surface area contributed by atoms with Crippen LogP contribution in [0.25, 0.3) is 0 Å². The van der Waals surface area contributed by atoms with Crippen molar-refractivity contribution in [2.75, 3.05) is 25.0 Å². The van der Waals surface area contributed by atoms with Gasteiger partial charge in [-0.1, -0.05) is 11.6 Å². The van der Waals surface area contributed by atoms with Crippen molar-refractivity contribution in [1.82, 2.24) is 15.3 Å². The smallest absolute Gasteiger partial charge is 0.148 e. The third-order valence-electron chi connectivity index (χ3n) is 2.09. The van der Waals surface area contributed by atoms with E-state index in [0.717, 1.165) is 25.5 Å². The lowest BCUT2D eigenvalue weighted by Crippen LogP contribution is -2.45. The van der Waals surface area contributed by atoms with E-state index in [0.29, 0.717) is 10.9 Å². The topological polar surface area (TPSA) is 49.8 Å². The first kappa shape index (κ1) is 8.72. The molecule has 0 amide bonds. The summed E-state index contributed by atoms with van der Waals surface area (Å²) in [5, 5.41) is 6.98. The fourth-order valence-electron chi connectivity index (χ4n) is 1.18. The second-order valence-electron chi connectivity index (χ2n) is 3.12. The number of nitrogens with zero attached hydrogens (tertiary/aromatic N) is 2. The Morgan fingerprint density at radius 3 is 3.08 bits per heavy atom. The molecule has 0 atom stereocenters. The van der Waals surface area contributed by atoms with Crippen molar-refractivity contribution in [2.45, 2.75) is 0 Å². The van der Waals surface area contributed by atoms with E-state index >= 15 is 0 Å². The molecule has 5 heteroatoms. The molecule has 70 valence electrons. The highest BCUT2D eigenvalue weighted by atomic mass is 35.5. The van der Waals surface area contributed by atoms with Gasteiger partial charge in [0.2, 0.25) is 0 Å². The molecule has 13 heavy (non-hydrogen) atoms. The third kappa shape index (κ3) is 2.08. The van der Waals surface area contributed by atoms with Crippen molar-refractivity contribution >= 4 is 17.4 Å². The largest absolute Gasteiger partial charge is 0.368 e. The van der Waals surface area contributed by atoms with Crippen molar-refractivity contribution < 1.29 is 0 Å². The van der Waals surface area contributed by atoms with Crippen LogP contribution in [-0.4, -0.2) is 29.6 Å². The zero-order chi connectivity index (χ0) is 9.10. The van der Waals surface area contributed by atoms with Crippen LogP contribution in [0.1, 0.15) is 0 Å². The maximum Gasteiger partial charge on any atom is 0.148 e. The molecule has 0 radical (unpaired) electrons. The Kier molecular flexibility index (Phi) is 2.61. The average Bonchev–Trinajstić information content (AvgIpc) is 2.05. The SMILES string of the molecule is Clc1cncnc1NCC1CNC1. The van der Waals surface area contributed by atoms with Crippen LogP contribution in [0.4, 0.5) is 5.82 Å². The lowest BCUT2D eigenvalue weighted by atomic mass is 10.0. The summed E-state index contributed by atoms with van der Waals surface area (Å²) in [6, 6.07) is 0. The molecule has 1 aliphatic rings. The van der Waals surface area contributed by atoms with Gasteiger partial charge in [-0.2, -0.15) is 0 Å². The minimum atomic E-state index is 0.579. The number of halogens is 1. The molecule has 0 unspecified atom stereocenters. The Bertz CT molecular complexity index is 287. The fourth-order valence-corrected chi connectivity index (χ4v) is 1.35. The van der Waals surface area contributed by atoms with E-state index < -0.39 is 0 Å². The Morgan fingerprint density at radius 2 is 2.46 bits per heavy atom. The van der Waals surface area contributed by atoms with Crippen LogP contribution in [0.2, 0.25) is 5.02 Å². The van der Waals surface area contributed by atoms with Gasteiger partial charge in [0, 0.05) is 25.6 Å². The van der Waals surface area contributed by atoms with Gasteiger partial charge >= 0.3 is 0 Å². The maximum atomic E-state index is 5.87. The summed E-state index contributed by atoms with van der Waals surface area (Å²) in [6.07, 6.45) is 3.09. The fraction of sp³-hybridized carbons (Fsp3) is 0.500. The number of rotatable bonds is 3. The molecule has 1 aromatic rings. The molecule has 0 aliphatic carbocycles. The van der Waals surface area contributed by atoms with Crippen LogP contribution in [0, 0.1) is 5.92 Å². The first-order valence-corrected chi connectivity index (χ1v) is 4.64. The molecule has 0 bridgehead atoms. The van der Waals surface area contributed by atoms with Crippen LogP contribution >= 0.6 is 11.6 Å². The van der Waals surface area contributed by atoms with E-state index in [1.165, 1.54) is 6.33 Å². The normalized spacial score (nSPS) is 16.7. The molecular formula is C8H11ClN4. The molecular weight excluding hydrogens is 188 g/mol. The third-order valence-corrected chi connectivity index (χ3v) is 2.37. The van der Waals surface area contributed by atoms with Gasteiger partial charge in [-0.3, -0.25) is 0 Å². The summed E-state index contributed by atoms with van der Waals surface area (Å²) in [5.74, 6) is 1.43. The van der Waals surface area contributed by atoms with E-state index in [-0.39, 0.29) is 0 Å². The Labute approximate surface area is 81.7 Å². The molecule has 1 aliphatic heterocycles. The van der Waals surface area contributed by atoms with Gasteiger partial charge in [0.25, 0.3) is 0 Å². The number of anilines is 1. The minimum Gasteiger partial charge on any atom is -0.368 e.